The zero-order chi connectivity index (χ0) is 16.4. The van der Waals surface area contributed by atoms with Crippen LogP contribution in [-0.2, 0) is 15.9 Å². The van der Waals surface area contributed by atoms with Crippen LogP contribution in [0, 0.1) is 0 Å². The largest absolute Gasteiger partial charge is 0.444 e. The summed E-state index contributed by atoms with van der Waals surface area (Å²) in [7, 11) is 0. The molecule has 0 saturated carbocycles. The van der Waals surface area contributed by atoms with Gasteiger partial charge in [-0.05, 0) is 45.2 Å². The molecule has 5 heteroatoms. The van der Waals surface area contributed by atoms with E-state index in [1.807, 2.05) is 37.9 Å². The van der Waals surface area contributed by atoms with Gasteiger partial charge in [-0.15, -0.1) is 0 Å². The maximum absolute atomic E-state index is 12.5. The number of morpholine rings is 1. The van der Waals surface area contributed by atoms with Crippen molar-refractivity contribution in [1.82, 2.24) is 9.88 Å². The quantitative estimate of drug-likeness (QED) is 0.787. The van der Waals surface area contributed by atoms with Gasteiger partial charge in [-0.2, -0.15) is 0 Å². The Bertz CT molecular complexity index is 592. The summed E-state index contributed by atoms with van der Waals surface area (Å²) in [4.78, 5) is 18.5. The topological polar surface area (TPSA) is 51.7 Å². The van der Waals surface area contributed by atoms with E-state index in [9.17, 15) is 4.79 Å². The molecule has 0 aliphatic carbocycles. The summed E-state index contributed by atoms with van der Waals surface area (Å²) in [5.74, 6) is 0. The lowest BCUT2D eigenvalue weighted by Gasteiger charge is -2.44. The van der Waals surface area contributed by atoms with E-state index in [2.05, 4.69) is 17.1 Å². The first-order valence-electron chi connectivity index (χ1n) is 8.10. The minimum atomic E-state index is -0.480. The van der Waals surface area contributed by atoms with Crippen LogP contribution in [0.2, 0.25) is 0 Å². The third-order valence-electron chi connectivity index (χ3n) is 4.03. The fraction of sp³-hybridized carbons (Fsp3) is 0.556. The molecule has 2 aliphatic heterocycles. The number of hydrogen-bond acceptors (Lipinski definition) is 4. The summed E-state index contributed by atoms with van der Waals surface area (Å²) in [6, 6.07) is 4.06. The summed E-state index contributed by atoms with van der Waals surface area (Å²) >= 11 is 0. The molecule has 1 aromatic rings. The molecule has 124 valence electrons. The predicted octanol–water partition coefficient (Wildman–Crippen LogP) is 2.96. The van der Waals surface area contributed by atoms with Crippen LogP contribution in [0.4, 0.5) is 4.79 Å². The molecule has 2 bridgehead atoms. The number of hydrogen-bond donors (Lipinski definition) is 0. The molecule has 5 nitrogen and oxygen atoms in total. The number of pyridine rings is 1. The molecule has 2 aliphatic rings. The van der Waals surface area contributed by atoms with Crippen LogP contribution < -0.4 is 0 Å². The Hall–Kier alpha value is -1.88. The molecule has 1 aromatic heterocycles. The van der Waals surface area contributed by atoms with Crippen molar-refractivity contribution in [2.75, 3.05) is 13.2 Å². The van der Waals surface area contributed by atoms with Gasteiger partial charge in [0.05, 0.1) is 25.3 Å². The Balaban J connectivity index is 1.75. The molecular weight excluding hydrogens is 292 g/mol. The van der Waals surface area contributed by atoms with E-state index in [1.165, 1.54) is 11.1 Å². The van der Waals surface area contributed by atoms with Crippen LogP contribution in [0.15, 0.2) is 36.2 Å². The highest BCUT2D eigenvalue weighted by atomic mass is 16.6. The summed E-state index contributed by atoms with van der Waals surface area (Å²) in [6.45, 7) is 6.78. The third-order valence-corrected chi connectivity index (χ3v) is 4.03. The predicted molar refractivity (Wildman–Crippen MR) is 87.1 cm³/mol. The van der Waals surface area contributed by atoms with Gasteiger partial charge >= 0.3 is 6.09 Å². The average molecular weight is 316 g/mol. The van der Waals surface area contributed by atoms with Gasteiger partial charge in [-0.1, -0.05) is 17.7 Å². The van der Waals surface area contributed by atoms with Gasteiger partial charge in [0.25, 0.3) is 0 Å². The number of amides is 1. The summed E-state index contributed by atoms with van der Waals surface area (Å²) in [5.41, 5.74) is 2.06. The number of carbonyl (C=O) groups excluding carboxylic acids is 1. The van der Waals surface area contributed by atoms with Gasteiger partial charge in [0.1, 0.15) is 5.60 Å². The lowest BCUT2D eigenvalue weighted by Crippen LogP contribution is -2.57. The fourth-order valence-corrected chi connectivity index (χ4v) is 3.18. The minimum Gasteiger partial charge on any atom is -0.444 e. The highest BCUT2D eigenvalue weighted by molar-refractivity contribution is 5.70. The highest BCUT2D eigenvalue weighted by Gasteiger charge is 2.39. The first-order chi connectivity index (χ1) is 10.9. The summed E-state index contributed by atoms with van der Waals surface area (Å²) < 4.78 is 11.2. The van der Waals surface area contributed by atoms with Crippen LogP contribution in [-0.4, -0.2) is 46.9 Å². The second kappa shape index (κ2) is 6.32. The second-order valence-corrected chi connectivity index (χ2v) is 7.21. The zero-order valence-electron chi connectivity index (χ0n) is 14.0. The Morgan fingerprint density at radius 3 is 2.91 bits per heavy atom. The van der Waals surface area contributed by atoms with E-state index in [4.69, 9.17) is 9.47 Å². The second-order valence-electron chi connectivity index (χ2n) is 7.21. The monoisotopic (exact) mass is 316 g/mol. The number of fused-ring (bicyclic) bond motifs is 2. The van der Waals surface area contributed by atoms with E-state index < -0.39 is 5.60 Å². The smallest absolute Gasteiger partial charge is 0.411 e. The van der Waals surface area contributed by atoms with Gasteiger partial charge in [0, 0.05) is 12.4 Å². The molecule has 3 heterocycles. The highest BCUT2D eigenvalue weighted by Crippen LogP contribution is 2.30. The van der Waals surface area contributed by atoms with Crippen LogP contribution in [0.1, 0.15) is 32.8 Å². The molecular formula is C18H24N2O3. The molecule has 2 unspecified atom stereocenters. The van der Waals surface area contributed by atoms with Gasteiger partial charge in [0.2, 0.25) is 0 Å². The van der Waals surface area contributed by atoms with Crippen LogP contribution >= 0.6 is 0 Å². The van der Waals surface area contributed by atoms with Crippen molar-refractivity contribution in [3.8, 4) is 0 Å². The molecule has 2 atom stereocenters. The van der Waals surface area contributed by atoms with Crippen molar-refractivity contribution >= 4 is 6.09 Å². The van der Waals surface area contributed by atoms with Crippen LogP contribution in [0.5, 0.6) is 0 Å². The van der Waals surface area contributed by atoms with E-state index in [0.717, 1.165) is 12.8 Å². The molecule has 1 amide bonds. The normalized spacial score (nSPS) is 24.1. The van der Waals surface area contributed by atoms with Gasteiger partial charge in [-0.3, -0.25) is 9.88 Å². The van der Waals surface area contributed by atoms with Crippen molar-refractivity contribution in [1.29, 1.82) is 0 Å². The van der Waals surface area contributed by atoms with E-state index in [1.54, 1.807) is 6.20 Å². The fourth-order valence-electron chi connectivity index (χ4n) is 3.18. The molecule has 23 heavy (non-hydrogen) atoms. The summed E-state index contributed by atoms with van der Waals surface area (Å²) in [6.07, 6.45) is 7.30. The van der Waals surface area contributed by atoms with Crippen molar-refractivity contribution in [2.24, 2.45) is 0 Å². The van der Waals surface area contributed by atoms with Gasteiger partial charge in [-0.25, -0.2) is 4.79 Å². The van der Waals surface area contributed by atoms with Gasteiger partial charge in [0.15, 0.2) is 0 Å². The van der Waals surface area contributed by atoms with Crippen LogP contribution in [0.25, 0.3) is 0 Å². The average Bonchev–Trinajstić information content (AvgIpc) is 2.45. The SMILES string of the molecule is CC(C)(C)OC(=O)N1C2C=C(Cc3cccnc3)CC1COC2. The summed E-state index contributed by atoms with van der Waals surface area (Å²) in [5, 5.41) is 0. The molecule has 0 spiro atoms. The number of rotatable bonds is 2. The van der Waals surface area contributed by atoms with Gasteiger partial charge < -0.3 is 9.47 Å². The Labute approximate surface area is 137 Å². The van der Waals surface area contributed by atoms with Crippen molar-refractivity contribution in [3.63, 3.8) is 0 Å². The van der Waals surface area contributed by atoms with Crippen molar-refractivity contribution in [3.05, 3.63) is 41.7 Å². The minimum absolute atomic E-state index is 0.0379. The number of nitrogens with zero attached hydrogens (tertiary/aromatic N) is 2. The van der Waals surface area contributed by atoms with Crippen LogP contribution in [0.3, 0.4) is 0 Å². The Morgan fingerprint density at radius 2 is 2.26 bits per heavy atom. The number of ether oxygens (including phenoxy) is 2. The zero-order valence-corrected chi connectivity index (χ0v) is 14.0. The molecule has 0 aromatic carbocycles. The number of aromatic nitrogens is 1. The maximum atomic E-state index is 12.5. The lowest BCUT2D eigenvalue weighted by atomic mass is 9.91. The van der Waals surface area contributed by atoms with E-state index >= 15 is 0 Å². The maximum Gasteiger partial charge on any atom is 0.411 e. The Morgan fingerprint density at radius 1 is 1.43 bits per heavy atom. The van der Waals surface area contributed by atoms with Crippen molar-refractivity contribution in [2.45, 2.75) is 51.3 Å². The molecule has 0 N–H and O–H groups in total. The molecule has 1 saturated heterocycles. The molecule has 0 radical (unpaired) electrons. The first kappa shape index (κ1) is 16.0. The third kappa shape index (κ3) is 3.91. The first-order valence-corrected chi connectivity index (χ1v) is 8.10. The standard InChI is InChI=1S/C18H24N2O3/c1-18(2,3)23-17(21)20-15-8-14(9-16(20)12-22-11-15)7-13-5-4-6-19-10-13/h4-6,8,10,15-16H,7,9,11-12H2,1-3H3. The molecule has 1 fully saturated rings. The Kier molecular flexibility index (Phi) is 4.39. The van der Waals surface area contributed by atoms with E-state index in [-0.39, 0.29) is 18.2 Å². The van der Waals surface area contributed by atoms with Crippen molar-refractivity contribution < 1.29 is 14.3 Å². The molecule has 3 rings (SSSR count). The number of carbonyl (C=O) groups is 1. The van der Waals surface area contributed by atoms with E-state index in [0.29, 0.717) is 13.2 Å². The lowest BCUT2D eigenvalue weighted by molar-refractivity contribution is -0.0536.